The van der Waals surface area contributed by atoms with Gasteiger partial charge in [-0.1, -0.05) is 33.3 Å². The van der Waals surface area contributed by atoms with Crippen LogP contribution in [0.2, 0.25) is 0 Å². The maximum Gasteiger partial charge on any atom is 0.254 e. The zero-order valence-electron chi connectivity index (χ0n) is 28.0. The van der Waals surface area contributed by atoms with Gasteiger partial charge in [-0.2, -0.15) is 5.10 Å². The molecule has 2 aliphatic heterocycles. The standard InChI is InChI=1S/C36H40BrN9O2/c1-22-8-13-30-31(15-32(39-34(30)25(22)4)26-16-38-42(5)19-26)35(47)43-17-23(2)45(24(3)18-43)20-28-21-46(41-40-28)33-7-6-14-44(36(33)48)29-11-9-27(37)10-12-29/h8-13,15-16,19,21,23-24,33H,6-7,14,17-18,20H2,1-5H3/t23-,24+,33?. The summed E-state index contributed by atoms with van der Waals surface area (Å²) in [7, 11) is 1.88. The van der Waals surface area contributed by atoms with Crippen molar-refractivity contribution in [2.24, 2.45) is 7.05 Å². The number of benzene rings is 2. The second-order valence-corrected chi connectivity index (χ2v) is 14.2. The minimum atomic E-state index is -0.382. The van der Waals surface area contributed by atoms with Gasteiger partial charge in [-0.05, 0) is 82.0 Å². The molecule has 0 radical (unpaired) electrons. The van der Waals surface area contributed by atoms with E-state index in [4.69, 9.17) is 4.98 Å². The summed E-state index contributed by atoms with van der Waals surface area (Å²) in [6, 6.07) is 13.6. The fraction of sp³-hybridized carbons (Fsp3) is 0.389. The van der Waals surface area contributed by atoms with Crippen molar-refractivity contribution < 1.29 is 9.59 Å². The topological polar surface area (TPSA) is 105 Å². The molecule has 0 N–H and O–H groups in total. The SMILES string of the molecule is Cc1ccc2c(C(=O)N3C[C@@H](C)N(Cc4cn(C5CCCN(c6ccc(Br)cc6)C5=O)nn4)[C@@H](C)C3)cc(-c3cnn(C)c3)nc2c1C. The van der Waals surface area contributed by atoms with Crippen molar-refractivity contribution >= 4 is 44.3 Å². The van der Waals surface area contributed by atoms with Gasteiger partial charge in [0.2, 0.25) is 0 Å². The van der Waals surface area contributed by atoms with E-state index in [1.54, 1.807) is 15.6 Å². The Morgan fingerprint density at radius 1 is 1.02 bits per heavy atom. The van der Waals surface area contributed by atoms with Crippen molar-refractivity contribution in [2.45, 2.75) is 65.2 Å². The fourth-order valence-corrected chi connectivity index (χ4v) is 7.38. The number of halogens is 1. The second-order valence-electron chi connectivity index (χ2n) is 13.3. The Morgan fingerprint density at radius 3 is 2.48 bits per heavy atom. The van der Waals surface area contributed by atoms with E-state index in [0.29, 0.717) is 31.7 Å². The molecule has 48 heavy (non-hydrogen) atoms. The molecule has 5 aromatic rings. The molecule has 2 fully saturated rings. The summed E-state index contributed by atoms with van der Waals surface area (Å²) < 4.78 is 4.46. The van der Waals surface area contributed by atoms with E-state index in [9.17, 15) is 9.59 Å². The highest BCUT2D eigenvalue weighted by atomic mass is 79.9. The van der Waals surface area contributed by atoms with Gasteiger partial charge >= 0.3 is 0 Å². The molecule has 2 amide bonds. The zero-order valence-corrected chi connectivity index (χ0v) is 29.6. The largest absolute Gasteiger partial charge is 0.336 e. The maximum atomic E-state index is 14.3. The molecule has 2 aliphatic rings. The van der Waals surface area contributed by atoms with Crippen LogP contribution in [-0.4, -0.2) is 83.1 Å². The van der Waals surface area contributed by atoms with Crippen molar-refractivity contribution in [3.05, 3.63) is 87.9 Å². The Kier molecular flexibility index (Phi) is 8.63. The van der Waals surface area contributed by atoms with Crippen LogP contribution in [0, 0.1) is 13.8 Å². The number of fused-ring (bicyclic) bond motifs is 1. The van der Waals surface area contributed by atoms with Gasteiger partial charge in [-0.25, -0.2) is 9.67 Å². The molecule has 7 rings (SSSR count). The highest BCUT2D eigenvalue weighted by Gasteiger charge is 2.35. The molecule has 3 atom stereocenters. The molecule has 11 nitrogen and oxygen atoms in total. The number of aryl methyl sites for hydroxylation is 3. The third-order valence-electron chi connectivity index (χ3n) is 9.90. The number of carbonyl (C=O) groups excluding carboxylic acids is 2. The van der Waals surface area contributed by atoms with E-state index in [1.807, 2.05) is 65.6 Å². The fourth-order valence-electron chi connectivity index (χ4n) is 7.12. The quantitative estimate of drug-likeness (QED) is 0.223. The third kappa shape index (κ3) is 6.03. The number of amides is 2. The molecule has 2 saturated heterocycles. The number of piperazine rings is 1. The van der Waals surface area contributed by atoms with Crippen LogP contribution in [0.25, 0.3) is 22.2 Å². The summed E-state index contributed by atoms with van der Waals surface area (Å²) in [5.74, 6) is 0.0424. The first-order chi connectivity index (χ1) is 23.1. The molecule has 1 unspecified atom stereocenters. The minimum absolute atomic E-state index is 0.00577. The first-order valence-corrected chi connectivity index (χ1v) is 17.3. The Bertz CT molecular complexity index is 1990. The van der Waals surface area contributed by atoms with Crippen LogP contribution in [0.4, 0.5) is 5.69 Å². The van der Waals surface area contributed by atoms with E-state index in [0.717, 1.165) is 62.0 Å². The molecule has 2 aromatic carbocycles. The monoisotopic (exact) mass is 709 g/mol. The summed E-state index contributed by atoms with van der Waals surface area (Å²) in [6.07, 6.45) is 7.25. The van der Waals surface area contributed by atoms with Crippen LogP contribution in [0.3, 0.4) is 0 Å². The molecular weight excluding hydrogens is 670 g/mol. The van der Waals surface area contributed by atoms with Crippen LogP contribution in [0.1, 0.15) is 59.9 Å². The molecule has 248 valence electrons. The highest BCUT2D eigenvalue weighted by Crippen LogP contribution is 2.31. The Balaban J connectivity index is 1.08. The summed E-state index contributed by atoms with van der Waals surface area (Å²) in [6.45, 7) is 10.9. The lowest BCUT2D eigenvalue weighted by molar-refractivity contribution is -0.123. The van der Waals surface area contributed by atoms with Gasteiger partial charge < -0.3 is 9.80 Å². The highest BCUT2D eigenvalue weighted by molar-refractivity contribution is 9.10. The number of carbonyl (C=O) groups is 2. The predicted octanol–water partition coefficient (Wildman–Crippen LogP) is 5.71. The van der Waals surface area contributed by atoms with E-state index < -0.39 is 0 Å². The van der Waals surface area contributed by atoms with Crippen molar-refractivity contribution in [3.8, 4) is 11.3 Å². The van der Waals surface area contributed by atoms with Crippen molar-refractivity contribution in [1.29, 1.82) is 0 Å². The van der Waals surface area contributed by atoms with Gasteiger partial charge in [0, 0.05) is 72.6 Å². The number of rotatable bonds is 6. The van der Waals surface area contributed by atoms with Gasteiger partial charge in [0.05, 0.1) is 34.9 Å². The first kappa shape index (κ1) is 32.1. The van der Waals surface area contributed by atoms with E-state index in [1.165, 1.54) is 0 Å². The number of anilines is 1. The van der Waals surface area contributed by atoms with Crippen molar-refractivity contribution in [3.63, 3.8) is 0 Å². The van der Waals surface area contributed by atoms with E-state index >= 15 is 0 Å². The summed E-state index contributed by atoms with van der Waals surface area (Å²) in [5.41, 5.74) is 7.04. The maximum absolute atomic E-state index is 14.3. The molecule has 0 spiro atoms. The number of nitrogens with zero attached hydrogens (tertiary/aromatic N) is 9. The predicted molar refractivity (Wildman–Crippen MR) is 189 cm³/mol. The average molecular weight is 711 g/mol. The molecular formula is C36H40BrN9O2. The minimum Gasteiger partial charge on any atom is -0.336 e. The van der Waals surface area contributed by atoms with Gasteiger partial charge in [-0.3, -0.25) is 19.2 Å². The van der Waals surface area contributed by atoms with Crippen LogP contribution in [-0.2, 0) is 18.4 Å². The van der Waals surface area contributed by atoms with Crippen LogP contribution in [0.5, 0.6) is 0 Å². The smallest absolute Gasteiger partial charge is 0.254 e. The lowest BCUT2D eigenvalue weighted by atomic mass is 9.98. The number of aromatic nitrogens is 6. The Morgan fingerprint density at radius 2 is 1.77 bits per heavy atom. The lowest BCUT2D eigenvalue weighted by Gasteiger charge is -2.44. The second kappa shape index (κ2) is 12.9. The summed E-state index contributed by atoms with van der Waals surface area (Å²) in [4.78, 5) is 39.0. The van der Waals surface area contributed by atoms with Crippen LogP contribution >= 0.6 is 15.9 Å². The Hall–Kier alpha value is -4.42. The molecule has 0 aliphatic carbocycles. The molecule has 0 bridgehead atoms. The van der Waals surface area contributed by atoms with Gasteiger partial charge in [0.25, 0.3) is 11.8 Å². The van der Waals surface area contributed by atoms with Crippen molar-refractivity contribution in [1.82, 2.24) is 39.6 Å². The van der Waals surface area contributed by atoms with Crippen LogP contribution < -0.4 is 4.90 Å². The van der Waals surface area contributed by atoms with Gasteiger partial charge in [0.1, 0.15) is 6.04 Å². The molecule has 5 heterocycles. The Labute approximate surface area is 288 Å². The normalized spacial score (nSPS) is 20.5. The average Bonchev–Trinajstić information content (AvgIpc) is 3.73. The van der Waals surface area contributed by atoms with Gasteiger partial charge in [0.15, 0.2) is 0 Å². The molecule has 12 heteroatoms. The zero-order chi connectivity index (χ0) is 33.7. The van der Waals surface area contributed by atoms with Crippen LogP contribution in [0.15, 0.2) is 65.5 Å². The summed E-state index contributed by atoms with van der Waals surface area (Å²) >= 11 is 3.48. The number of hydrogen-bond acceptors (Lipinski definition) is 7. The van der Waals surface area contributed by atoms with Gasteiger partial charge in [-0.15, -0.1) is 5.10 Å². The third-order valence-corrected chi connectivity index (χ3v) is 10.4. The molecule has 3 aromatic heterocycles. The lowest BCUT2D eigenvalue weighted by Crippen LogP contribution is -2.57. The van der Waals surface area contributed by atoms with Crippen molar-refractivity contribution in [2.75, 3.05) is 24.5 Å². The number of pyridine rings is 1. The number of hydrogen-bond donors (Lipinski definition) is 0. The first-order valence-electron chi connectivity index (χ1n) is 16.5. The summed E-state index contributed by atoms with van der Waals surface area (Å²) in [5, 5.41) is 14.1. The molecule has 0 saturated carbocycles. The number of piperidine rings is 1. The van der Waals surface area contributed by atoms with E-state index in [-0.39, 0.29) is 29.9 Å². The van der Waals surface area contributed by atoms with E-state index in [2.05, 4.69) is 70.0 Å².